The van der Waals surface area contributed by atoms with Crippen molar-refractivity contribution in [1.82, 2.24) is 4.90 Å². The molecule has 0 aromatic heterocycles. The number of nitrogens with zero attached hydrogens (tertiary/aromatic N) is 1. The summed E-state index contributed by atoms with van der Waals surface area (Å²) in [6, 6.07) is 0.166. The number of carbonyl (C=O) groups is 1. The van der Waals surface area contributed by atoms with Crippen molar-refractivity contribution < 1.29 is 4.79 Å². The Labute approximate surface area is 127 Å². The number of amides is 1. The van der Waals surface area contributed by atoms with Crippen LogP contribution in [0.3, 0.4) is 0 Å². The molecule has 3 nitrogen and oxygen atoms in total. The molecule has 1 amide bonds. The Morgan fingerprint density at radius 3 is 2.74 bits per heavy atom. The molecule has 19 heavy (non-hydrogen) atoms. The van der Waals surface area contributed by atoms with E-state index in [2.05, 4.69) is 30.5 Å². The second kappa shape index (κ2) is 7.75. The Balaban J connectivity index is 0.00000180. The summed E-state index contributed by atoms with van der Waals surface area (Å²) in [4.78, 5) is 14.6. The topological polar surface area (TPSA) is 46.3 Å². The number of fused-ring (bicyclic) bond motifs is 1. The van der Waals surface area contributed by atoms with Crippen molar-refractivity contribution >= 4 is 30.1 Å². The average molecular weight is 307 g/mol. The van der Waals surface area contributed by atoms with Crippen molar-refractivity contribution in [1.29, 1.82) is 0 Å². The maximum Gasteiger partial charge on any atom is 0.239 e. The molecule has 5 heteroatoms. The van der Waals surface area contributed by atoms with E-state index in [0.29, 0.717) is 17.2 Å². The van der Waals surface area contributed by atoms with Gasteiger partial charge in [0.1, 0.15) is 0 Å². The smallest absolute Gasteiger partial charge is 0.239 e. The summed E-state index contributed by atoms with van der Waals surface area (Å²) in [5.41, 5.74) is 6.07. The first-order chi connectivity index (χ1) is 8.59. The maximum absolute atomic E-state index is 12.5. The highest BCUT2D eigenvalue weighted by Crippen LogP contribution is 2.35. The number of rotatable bonds is 3. The SMILES string of the molecule is CC(C)C[C@H](N)C(=O)N1CCSC2CCCCC21.Cl. The maximum atomic E-state index is 12.5. The van der Waals surface area contributed by atoms with E-state index in [0.717, 1.165) is 18.7 Å². The fourth-order valence-corrected chi connectivity index (χ4v) is 4.64. The van der Waals surface area contributed by atoms with Crippen molar-refractivity contribution in [3.05, 3.63) is 0 Å². The molecule has 0 bridgehead atoms. The van der Waals surface area contributed by atoms with E-state index in [1.807, 2.05) is 0 Å². The molecule has 0 radical (unpaired) electrons. The van der Waals surface area contributed by atoms with Crippen LogP contribution in [-0.4, -0.2) is 40.4 Å². The predicted octanol–water partition coefficient (Wildman–Crippen LogP) is 2.67. The van der Waals surface area contributed by atoms with Crippen molar-refractivity contribution in [2.24, 2.45) is 11.7 Å². The fourth-order valence-electron chi connectivity index (χ4n) is 3.19. The lowest BCUT2D eigenvalue weighted by atomic mass is 9.92. The molecule has 1 heterocycles. The van der Waals surface area contributed by atoms with Gasteiger partial charge in [-0.05, 0) is 25.2 Å². The molecule has 2 N–H and O–H groups in total. The first-order valence-corrected chi connectivity index (χ1v) is 8.32. The summed E-state index contributed by atoms with van der Waals surface area (Å²) in [7, 11) is 0. The zero-order valence-electron chi connectivity index (χ0n) is 12.0. The van der Waals surface area contributed by atoms with Crippen LogP contribution in [-0.2, 0) is 4.79 Å². The Bertz CT molecular complexity index is 299. The van der Waals surface area contributed by atoms with E-state index in [4.69, 9.17) is 5.73 Å². The Kier molecular flexibility index (Phi) is 6.98. The molecule has 1 aliphatic carbocycles. The van der Waals surface area contributed by atoms with Crippen LogP contribution in [0.4, 0.5) is 0 Å². The third-order valence-electron chi connectivity index (χ3n) is 4.06. The van der Waals surface area contributed by atoms with Crippen LogP contribution in [0.15, 0.2) is 0 Å². The molecular weight excluding hydrogens is 280 g/mol. The molecule has 112 valence electrons. The van der Waals surface area contributed by atoms with Gasteiger partial charge in [-0.25, -0.2) is 0 Å². The number of thioether (sulfide) groups is 1. The molecule has 1 saturated heterocycles. The van der Waals surface area contributed by atoms with Crippen LogP contribution in [0.25, 0.3) is 0 Å². The zero-order chi connectivity index (χ0) is 13.1. The van der Waals surface area contributed by atoms with Gasteiger partial charge in [0, 0.05) is 23.6 Å². The number of hydrogen-bond donors (Lipinski definition) is 1. The second-order valence-corrected chi connectivity index (χ2v) is 7.38. The van der Waals surface area contributed by atoms with Gasteiger partial charge >= 0.3 is 0 Å². The third-order valence-corrected chi connectivity index (χ3v) is 5.45. The number of nitrogens with two attached hydrogens (primary N) is 1. The van der Waals surface area contributed by atoms with Gasteiger partial charge < -0.3 is 10.6 Å². The number of halogens is 1. The first kappa shape index (κ1) is 17.1. The Morgan fingerprint density at radius 1 is 1.37 bits per heavy atom. The van der Waals surface area contributed by atoms with Gasteiger partial charge in [0.2, 0.25) is 5.91 Å². The lowest BCUT2D eigenvalue weighted by Crippen LogP contribution is -2.56. The van der Waals surface area contributed by atoms with E-state index < -0.39 is 0 Å². The highest BCUT2D eigenvalue weighted by atomic mass is 35.5. The van der Waals surface area contributed by atoms with Crippen LogP contribution in [0.2, 0.25) is 0 Å². The number of carbonyl (C=O) groups excluding carboxylic acids is 1. The first-order valence-electron chi connectivity index (χ1n) is 7.27. The summed E-state index contributed by atoms with van der Waals surface area (Å²) in [6.07, 6.45) is 5.86. The zero-order valence-corrected chi connectivity index (χ0v) is 13.6. The Hall–Kier alpha value is 0.0700. The van der Waals surface area contributed by atoms with Gasteiger partial charge in [0.25, 0.3) is 0 Å². The minimum Gasteiger partial charge on any atom is -0.336 e. The molecule has 2 unspecified atom stereocenters. The minimum atomic E-state index is -0.296. The van der Waals surface area contributed by atoms with E-state index in [-0.39, 0.29) is 24.4 Å². The van der Waals surface area contributed by atoms with Crippen LogP contribution in [0, 0.1) is 5.92 Å². The summed E-state index contributed by atoms with van der Waals surface area (Å²) < 4.78 is 0. The molecule has 2 fully saturated rings. The highest BCUT2D eigenvalue weighted by Gasteiger charge is 2.37. The summed E-state index contributed by atoms with van der Waals surface area (Å²) in [5, 5.41) is 0.669. The van der Waals surface area contributed by atoms with Crippen LogP contribution >= 0.6 is 24.2 Å². The summed E-state index contributed by atoms with van der Waals surface area (Å²) in [5.74, 6) is 1.77. The van der Waals surface area contributed by atoms with Crippen molar-refractivity contribution in [2.75, 3.05) is 12.3 Å². The standard InChI is InChI=1S/C14H26N2OS.ClH/c1-10(2)9-11(15)14(17)16-7-8-18-13-6-4-3-5-12(13)16;/h10-13H,3-9,15H2,1-2H3;1H/t11-,12?,13?;/m0./s1. The minimum absolute atomic E-state index is 0. The van der Waals surface area contributed by atoms with Gasteiger partial charge in [-0.1, -0.05) is 26.7 Å². The quantitative estimate of drug-likeness (QED) is 0.872. The monoisotopic (exact) mass is 306 g/mol. The molecule has 3 atom stereocenters. The third kappa shape index (κ3) is 4.27. The molecule has 0 aromatic carbocycles. The normalized spacial score (nSPS) is 28.5. The van der Waals surface area contributed by atoms with Gasteiger partial charge in [0.15, 0.2) is 0 Å². The van der Waals surface area contributed by atoms with Gasteiger partial charge in [-0.2, -0.15) is 11.8 Å². The molecule has 1 aliphatic heterocycles. The Morgan fingerprint density at radius 2 is 2.05 bits per heavy atom. The van der Waals surface area contributed by atoms with Gasteiger partial charge in [-0.15, -0.1) is 12.4 Å². The number of hydrogen-bond acceptors (Lipinski definition) is 3. The largest absolute Gasteiger partial charge is 0.336 e. The molecular formula is C14H27ClN2OS. The molecule has 1 saturated carbocycles. The van der Waals surface area contributed by atoms with E-state index in [1.165, 1.54) is 25.7 Å². The van der Waals surface area contributed by atoms with Crippen molar-refractivity contribution in [3.63, 3.8) is 0 Å². The highest BCUT2D eigenvalue weighted by molar-refractivity contribution is 8.00. The predicted molar refractivity (Wildman–Crippen MR) is 84.9 cm³/mol. The van der Waals surface area contributed by atoms with E-state index in [1.54, 1.807) is 0 Å². The average Bonchev–Trinajstić information content (AvgIpc) is 2.36. The second-order valence-electron chi connectivity index (χ2n) is 6.03. The lowest BCUT2D eigenvalue weighted by Gasteiger charge is -2.44. The van der Waals surface area contributed by atoms with Gasteiger partial charge in [-0.3, -0.25) is 4.79 Å². The van der Waals surface area contributed by atoms with E-state index in [9.17, 15) is 4.79 Å². The molecule has 0 aromatic rings. The molecule has 2 rings (SSSR count). The van der Waals surface area contributed by atoms with Crippen LogP contribution in [0.1, 0.15) is 46.0 Å². The molecule has 0 spiro atoms. The van der Waals surface area contributed by atoms with E-state index >= 15 is 0 Å². The van der Waals surface area contributed by atoms with Gasteiger partial charge in [0.05, 0.1) is 6.04 Å². The van der Waals surface area contributed by atoms with Crippen LogP contribution in [0.5, 0.6) is 0 Å². The van der Waals surface area contributed by atoms with Crippen molar-refractivity contribution in [3.8, 4) is 0 Å². The van der Waals surface area contributed by atoms with Crippen LogP contribution < -0.4 is 5.73 Å². The summed E-state index contributed by atoms with van der Waals surface area (Å²) in [6.45, 7) is 5.15. The molecule has 2 aliphatic rings. The summed E-state index contributed by atoms with van der Waals surface area (Å²) >= 11 is 2.06. The van der Waals surface area contributed by atoms with Crippen molar-refractivity contribution in [2.45, 2.75) is 63.3 Å². The lowest BCUT2D eigenvalue weighted by molar-refractivity contribution is -0.135. The fraction of sp³-hybridized carbons (Fsp3) is 0.929.